The minimum Gasteiger partial charge on any atom is -0.317 e. The highest BCUT2D eigenvalue weighted by Gasteiger charge is 2.21. The monoisotopic (exact) mass is 225 g/mol. The molecule has 1 aromatic carbocycles. The molecule has 0 saturated carbocycles. The Labute approximate surface area is 94.9 Å². The summed E-state index contributed by atoms with van der Waals surface area (Å²) >= 11 is 0. The van der Waals surface area contributed by atoms with Crippen LogP contribution in [0.1, 0.15) is 36.8 Å². The fourth-order valence-corrected chi connectivity index (χ4v) is 2.30. The van der Waals surface area contributed by atoms with Gasteiger partial charge in [-0.25, -0.2) is 8.78 Å². The zero-order chi connectivity index (χ0) is 11.5. The SMILES string of the molecule is CCc1cc(F)c(F)c(C2CCNCC2)c1. The van der Waals surface area contributed by atoms with Crippen molar-refractivity contribution in [3.05, 3.63) is 34.9 Å². The summed E-state index contributed by atoms with van der Waals surface area (Å²) in [4.78, 5) is 0. The Balaban J connectivity index is 2.33. The summed E-state index contributed by atoms with van der Waals surface area (Å²) in [6.07, 6.45) is 2.53. The van der Waals surface area contributed by atoms with Crippen LogP contribution in [-0.2, 0) is 6.42 Å². The lowest BCUT2D eigenvalue weighted by Gasteiger charge is -2.24. The number of nitrogens with one attached hydrogen (secondary N) is 1. The van der Waals surface area contributed by atoms with Crippen molar-refractivity contribution in [1.29, 1.82) is 0 Å². The van der Waals surface area contributed by atoms with Crippen molar-refractivity contribution in [2.75, 3.05) is 13.1 Å². The first-order chi connectivity index (χ1) is 7.72. The second-order valence-corrected chi connectivity index (χ2v) is 4.36. The van der Waals surface area contributed by atoms with Gasteiger partial charge in [0.2, 0.25) is 0 Å². The molecule has 3 heteroatoms. The van der Waals surface area contributed by atoms with Crippen molar-refractivity contribution in [1.82, 2.24) is 5.32 Å². The van der Waals surface area contributed by atoms with Gasteiger partial charge in [-0.3, -0.25) is 0 Å². The fourth-order valence-electron chi connectivity index (χ4n) is 2.30. The molecule has 16 heavy (non-hydrogen) atoms. The number of benzene rings is 1. The van der Waals surface area contributed by atoms with Gasteiger partial charge in [-0.1, -0.05) is 13.0 Å². The third-order valence-electron chi connectivity index (χ3n) is 3.30. The third-order valence-corrected chi connectivity index (χ3v) is 3.30. The van der Waals surface area contributed by atoms with Gasteiger partial charge in [0.05, 0.1) is 0 Å². The van der Waals surface area contributed by atoms with E-state index in [4.69, 9.17) is 0 Å². The Kier molecular flexibility index (Phi) is 3.54. The summed E-state index contributed by atoms with van der Waals surface area (Å²) in [5, 5.41) is 3.23. The number of hydrogen-bond donors (Lipinski definition) is 1. The predicted molar refractivity (Wildman–Crippen MR) is 60.6 cm³/mol. The van der Waals surface area contributed by atoms with Crippen molar-refractivity contribution in [2.24, 2.45) is 0 Å². The Morgan fingerprint density at radius 1 is 1.25 bits per heavy atom. The summed E-state index contributed by atoms with van der Waals surface area (Å²) in [5.74, 6) is -1.18. The van der Waals surface area contributed by atoms with E-state index >= 15 is 0 Å². The van der Waals surface area contributed by atoms with Gasteiger partial charge in [-0.15, -0.1) is 0 Å². The lowest BCUT2D eigenvalue weighted by Crippen LogP contribution is -2.27. The molecule has 1 nitrogen and oxygen atoms in total. The molecule has 88 valence electrons. The van der Waals surface area contributed by atoms with Gasteiger partial charge in [0, 0.05) is 0 Å². The van der Waals surface area contributed by atoms with E-state index in [1.807, 2.05) is 13.0 Å². The van der Waals surface area contributed by atoms with Crippen LogP contribution in [0.15, 0.2) is 12.1 Å². The smallest absolute Gasteiger partial charge is 0.162 e. The normalized spacial score (nSPS) is 17.7. The molecule has 0 spiro atoms. The maximum Gasteiger partial charge on any atom is 0.162 e. The molecule has 0 unspecified atom stereocenters. The van der Waals surface area contributed by atoms with Crippen LogP contribution in [0.3, 0.4) is 0 Å². The molecule has 1 aromatic rings. The van der Waals surface area contributed by atoms with E-state index in [2.05, 4.69) is 5.32 Å². The molecule has 1 heterocycles. The first-order valence-corrected chi connectivity index (χ1v) is 5.91. The van der Waals surface area contributed by atoms with Crippen molar-refractivity contribution < 1.29 is 8.78 Å². The van der Waals surface area contributed by atoms with Crippen molar-refractivity contribution >= 4 is 0 Å². The van der Waals surface area contributed by atoms with Crippen molar-refractivity contribution in [3.8, 4) is 0 Å². The molecule has 1 fully saturated rings. The Hall–Kier alpha value is -0.960. The first-order valence-electron chi connectivity index (χ1n) is 5.91. The van der Waals surface area contributed by atoms with Crippen LogP contribution in [-0.4, -0.2) is 13.1 Å². The summed E-state index contributed by atoms with van der Waals surface area (Å²) in [7, 11) is 0. The Bertz CT molecular complexity index is 370. The van der Waals surface area contributed by atoms with Crippen LogP contribution < -0.4 is 5.32 Å². The molecule has 0 atom stereocenters. The van der Waals surface area contributed by atoms with E-state index in [-0.39, 0.29) is 5.92 Å². The Morgan fingerprint density at radius 2 is 1.94 bits per heavy atom. The van der Waals surface area contributed by atoms with E-state index in [1.165, 1.54) is 6.07 Å². The Morgan fingerprint density at radius 3 is 2.56 bits per heavy atom. The van der Waals surface area contributed by atoms with Crippen LogP contribution in [0.2, 0.25) is 0 Å². The largest absolute Gasteiger partial charge is 0.317 e. The maximum absolute atomic E-state index is 13.7. The molecule has 1 aliphatic rings. The van der Waals surface area contributed by atoms with Crippen LogP contribution in [0.4, 0.5) is 8.78 Å². The minimum absolute atomic E-state index is 0.169. The molecule has 0 amide bonds. The highest BCUT2D eigenvalue weighted by molar-refractivity contribution is 5.29. The van der Waals surface area contributed by atoms with Crippen molar-refractivity contribution in [3.63, 3.8) is 0 Å². The van der Waals surface area contributed by atoms with E-state index in [0.717, 1.165) is 37.9 Å². The molecule has 0 bridgehead atoms. The number of piperidine rings is 1. The molecule has 1 aliphatic heterocycles. The molecular weight excluding hydrogens is 208 g/mol. The zero-order valence-corrected chi connectivity index (χ0v) is 9.52. The maximum atomic E-state index is 13.7. The van der Waals surface area contributed by atoms with Crippen molar-refractivity contribution in [2.45, 2.75) is 32.1 Å². The molecule has 1 saturated heterocycles. The molecule has 0 aromatic heterocycles. The molecular formula is C13H17F2N. The van der Waals surface area contributed by atoms with Gasteiger partial charge in [0.1, 0.15) is 0 Å². The van der Waals surface area contributed by atoms with E-state index in [9.17, 15) is 8.78 Å². The minimum atomic E-state index is -0.701. The summed E-state index contributed by atoms with van der Waals surface area (Å²) in [6, 6.07) is 3.13. The van der Waals surface area contributed by atoms with Gasteiger partial charge in [0.15, 0.2) is 11.6 Å². The van der Waals surface area contributed by atoms with Crippen LogP contribution >= 0.6 is 0 Å². The molecule has 1 N–H and O–H groups in total. The lowest BCUT2D eigenvalue weighted by atomic mass is 9.88. The van der Waals surface area contributed by atoms with Gasteiger partial charge < -0.3 is 5.32 Å². The summed E-state index contributed by atoms with van der Waals surface area (Å²) < 4.78 is 27.1. The quantitative estimate of drug-likeness (QED) is 0.816. The van der Waals surface area contributed by atoms with Crippen LogP contribution in [0, 0.1) is 11.6 Å². The fraction of sp³-hybridized carbons (Fsp3) is 0.538. The summed E-state index contributed by atoms with van der Waals surface area (Å²) in [6.45, 7) is 3.74. The number of rotatable bonds is 2. The van der Waals surface area contributed by atoms with Gasteiger partial charge in [-0.05, 0) is 55.5 Å². The van der Waals surface area contributed by atoms with E-state index in [0.29, 0.717) is 5.56 Å². The number of halogens is 2. The van der Waals surface area contributed by atoms with Gasteiger partial charge in [-0.2, -0.15) is 0 Å². The molecule has 0 radical (unpaired) electrons. The predicted octanol–water partition coefficient (Wildman–Crippen LogP) is 2.99. The average Bonchev–Trinajstić information content (AvgIpc) is 2.33. The summed E-state index contributed by atoms with van der Waals surface area (Å²) in [5.41, 5.74) is 1.45. The zero-order valence-electron chi connectivity index (χ0n) is 9.52. The highest BCUT2D eigenvalue weighted by Crippen LogP contribution is 2.29. The third kappa shape index (κ3) is 2.24. The standard InChI is InChI=1S/C13H17F2N/c1-2-9-7-11(13(15)12(14)8-9)10-3-5-16-6-4-10/h7-8,10,16H,2-6H2,1H3. The average molecular weight is 225 g/mol. The van der Waals surface area contributed by atoms with Gasteiger partial charge in [0.25, 0.3) is 0 Å². The number of aryl methyl sites for hydroxylation is 1. The topological polar surface area (TPSA) is 12.0 Å². The van der Waals surface area contributed by atoms with Crippen LogP contribution in [0.5, 0.6) is 0 Å². The molecule has 2 rings (SSSR count). The first kappa shape index (κ1) is 11.5. The lowest BCUT2D eigenvalue weighted by molar-refractivity contribution is 0.429. The second-order valence-electron chi connectivity index (χ2n) is 4.36. The number of hydrogen-bond acceptors (Lipinski definition) is 1. The highest BCUT2D eigenvalue weighted by atomic mass is 19.2. The van der Waals surface area contributed by atoms with E-state index in [1.54, 1.807) is 0 Å². The van der Waals surface area contributed by atoms with Crippen LogP contribution in [0.25, 0.3) is 0 Å². The van der Waals surface area contributed by atoms with E-state index < -0.39 is 11.6 Å². The molecule has 0 aliphatic carbocycles. The second kappa shape index (κ2) is 4.91. The van der Waals surface area contributed by atoms with Gasteiger partial charge >= 0.3 is 0 Å².